The molecule has 1 amide bonds. The van der Waals surface area contributed by atoms with Crippen LogP contribution in [-0.2, 0) is 4.84 Å². The third kappa shape index (κ3) is 3.66. The molecule has 2 aromatic rings. The second kappa shape index (κ2) is 7.40. The average molecular weight is 365 g/mol. The van der Waals surface area contributed by atoms with Gasteiger partial charge in [-0.3, -0.25) is 4.79 Å². The summed E-state index contributed by atoms with van der Waals surface area (Å²) in [4.78, 5) is 25.2. The fraction of sp³-hybridized carbons (Fsp3) is 0.333. The number of ether oxygens (including phenoxy) is 1. The molecule has 140 valence electrons. The lowest BCUT2D eigenvalue weighted by Gasteiger charge is -2.35. The van der Waals surface area contributed by atoms with E-state index >= 15 is 0 Å². The molecule has 1 fully saturated rings. The van der Waals surface area contributed by atoms with Gasteiger partial charge in [0.15, 0.2) is 11.6 Å². The minimum absolute atomic E-state index is 0.0334. The lowest BCUT2D eigenvalue weighted by molar-refractivity contribution is -0.0849. The van der Waals surface area contributed by atoms with Gasteiger partial charge in [-0.15, -0.1) is 0 Å². The largest absolute Gasteiger partial charge is 0.494 e. The molecular formula is C21H23N3O3. The number of nitrogens with zero attached hydrogens (tertiary/aromatic N) is 2. The number of benzene rings is 2. The first-order valence-electron chi connectivity index (χ1n) is 9.30. The molecule has 2 heterocycles. The summed E-state index contributed by atoms with van der Waals surface area (Å²) in [6.45, 7) is 3.77. The van der Waals surface area contributed by atoms with Gasteiger partial charge in [0, 0.05) is 37.1 Å². The van der Waals surface area contributed by atoms with E-state index in [9.17, 15) is 4.79 Å². The van der Waals surface area contributed by atoms with Crippen LogP contribution in [0.4, 0.5) is 0 Å². The van der Waals surface area contributed by atoms with E-state index in [1.807, 2.05) is 66.4 Å². The van der Waals surface area contributed by atoms with Crippen molar-refractivity contribution in [2.45, 2.75) is 25.5 Å². The summed E-state index contributed by atoms with van der Waals surface area (Å²) in [6, 6.07) is 17.2. The van der Waals surface area contributed by atoms with E-state index in [4.69, 9.17) is 14.6 Å². The number of amides is 1. The number of nitrogens with one attached hydrogen (secondary N) is 1. The van der Waals surface area contributed by atoms with Gasteiger partial charge in [-0.1, -0.05) is 30.3 Å². The van der Waals surface area contributed by atoms with Gasteiger partial charge < -0.3 is 9.64 Å². The molecule has 0 saturated carbocycles. The Bertz CT molecular complexity index is 826. The van der Waals surface area contributed by atoms with Crippen molar-refractivity contribution in [1.82, 2.24) is 10.4 Å². The van der Waals surface area contributed by atoms with Crippen molar-refractivity contribution in [3.05, 3.63) is 65.7 Å². The highest BCUT2D eigenvalue weighted by atomic mass is 16.7. The van der Waals surface area contributed by atoms with Crippen LogP contribution in [0.2, 0.25) is 0 Å². The van der Waals surface area contributed by atoms with Crippen molar-refractivity contribution >= 4 is 11.7 Å². The van der Waals surface area contributed by atoms with E-state index in [1.54, 1.807) is 0 Å². The van der Waals surface area contributed by atoms with Crippen LogP contribution in [0.25, 0.3) is 0 Å². The normalized spacial score (nSPS) is 18.1. The molecule has 1 spiro atoms. The van der Waals surface area contributed by atoms with Crippen LogP contribution in [0.3, 0.4) is 0 Å². The highest BCUT2D eigenvalue weighted by Crippen LogP contribution is 2.31. The molecule has 1 N–H and O–H groups in total. The van der Waals surface area contributed by atoms with Crippen LogP contribution in [-0.4, -0.2) is 42.1 Å². The van der Waals surface area contributed by atoms with Crippen LogP contribution < -0.4 is 10.2 Å². The molecule has 0 atom stereocenters. The van der Waals surface area contributed by atoms with Gasteiger partial charge in [-0.25, -0.2) is 15.3 Å². The van der Waals surface area contributed by atoms with Gasteiger partial charge in [0.1, 0.15) is 5.75 Å². The zero-order valence-corrected chi connectivity index (χ0v) is 15.4. The molecule has 0 unspecified atom stereocenters. The van der Waals surface area contributed by atoms with Crippen molar-refractivity contribution < 1.29 is 14.4 Å². The SMILES string of the molecule is CCOc1ccc(C(=O)N2CCC3(CC2)N=C(c2ccccc2)NO3)cc1. The summed E-state index contributed by atoms with van der Waals surface area (Å²) < 4.78 is 5.43. The lowest BCUT2D eigenvalue weighted by atomic mass is 10.00. The molecule has 2 aliphatic heterocycles. The molecule has 1 saturated heterocycles. The number of likely N-dealkylation sites (tertiary alicyclic amines) is 1. The first-order valence-corrected chi connectivity index (χ1v) is 9.30. The van der Waals surface area contributed by atoms with Gasteiger partial charge in [0.05, 0.1) is 6.61 Å². The molecule has 0 aromatic heterocycles. The van der Waals surface area contributed by atoms with Crippen molar-refractivity contribution in [3.63, 3.8) is 0 Å². The number of aliphatic imine (C=N–C) groups is 1. The Labute approximate surface area is 158 Å². The predicted octanol–water partition coefficient (Wildman–Crippen LogP) is 3.00. The summed E-state index contributed by atoms with van der Waals surface area (Å²) in [5, 5.41) is 0. The van der Waals surface area contributed by atoms with Crippen LogP contribution in [0.15, 0.2) is 59.6 Å². The monoisotopic (exact) mass is 365 g/mol. The van der Waals surface area contributed by atoms with E-state index < -0.39 is 5.72 Å². The number of carbonyl (C=O) groups excluding carboxylic acids is 1. The maximum atomic E-state index is 12.8. The zero-order chi connectivity index (χ0) is 18.7. The topological polar surface area (TPSA) is 63.2 Å². The molecule has 2 aromatic carbocycles. The molecule has 2 aliphatic rings. The molecule has 0 aliphatic carbocycles. The van der Waals surface area contributed by atoms with Gasteiger partial charge >= 0.3 is 0 Å². The number of carbonyl (C=O) groups is 1. The number of hydroxylamine groups is 1. The van der Waals surface area contributed by atoms with E-state index in [2.05, 4.69) is 5.48 Å². The Balaban J connectivity index is 1.40. The first kappa shape index (κ1) is 17.5. The van der Waals surface area contributed by atoms with Gasteiger partial charge in [0.2, 0.25) is 0 Å². The number of amidine groups is 1. The molecule has 6 nitrogen and oxygen atoms in total. The average Bonchev–Trinajstić information content (AvgIpc) is 3.13. The maximum absolute atomic E-state index is 12.8. The van der Waals surface area contributed by atoms with Crippen molar-refractivity contribution in [2.24, 2.45) is 4.99 Å². The third-order valence-electron chi connectivity index (χ3n) is 4.94. The Morgan fingerprint density at radius 1 is 1.15 bits per heavy atom. The standard InChI is InChI=1S/C21H23N3O3/c1-2-26-18-10-8-17(9-11-18)20(25)24-14-12-21(13-15-24)22-19(23-27-21)16-6-4-3-5-7-16/h3-11H,2,12-15H2,1H3,(H,22,23). The van der Waals surface area contributed by atoms with Crippen molar-refractivity contribution in [3.8, 4) is 5.75 Å². The van der Waals surface area contributed by atoms with Crippen LogP contribution in [0.5, 0.6) is 5.75 Å². The summed E-state index contributed by atoms with van der Waals surface area (Å²) in [5.74, 6) is 1.56. The van der Waals surface area contributed by atoms with Crippen LogP contribution in [0.1, 0.15) is 35.7 Å². The van der Waals surface area contributed by atoms with Gasteiger partial charge in [-0.05, 0) is 31.2 Å². The fourth-order valence-corrected chi connectivity index (χ4v) is 3.43. The Morgan fingerprint density at radius 2 is 1.85 bits per heavy atom. The van der Waals surface area contributed by atoms with Crippen LogP contribution >= 0.6 is 0 Å². The minimum atomic E-state index is -0.583. The summed E-state index contributed by atoms with van der Waals surface area (Å²) in [5.41, 5.74) is 4.05. The second-order valence-electron chi connectivity index (χ2n) is 6.73. The van der Waals surface area contributed by atoms with Crippen LogP contribution in [0, 0.1) is 0 Å². The molecule has 0 bridgehead atoms. The van der Waals surface area contributed by atoms with E-state index in [0.29, 0.717) is 38.1 Å². The van der Waals surface area contributed by atoms with E-state index in [-0.39, 0.29) is 5.91 Å². The summed E-state index contributed by atoms with van der Waals surface area (Å²) in [6.07, 6.45) is 1.33. The highest BCUT2D eigenvalue weighted by molar-refractivity contribution is 5.99. The summed E-state index contributed by atoms with van der Waals surface area (Å²) in [7, 11) is 0. The van der Waals surface area contributed by atoms with Gasteiger partial charge in [-0.2, -0.15) is 0 Å². The Kier molecular flexibility index (Phi) is 4.81. The number of rotatable bonds is 4. The maximum Gasteiger partial charge on any atom is 0.253 e. The third-order valence-corrected chi connectivity index (χ3v) is 4.94. The number of hydrogen-bond acceptors (Lipinski definition) is 5. The highest BCUT2D eigenvalue weighted by Gasteiger charge is 2.41. The lowest BCUT2D eigenvalue weighted by Crippen LogP contribution is -2.46. The predicted molar refractivity (Wildman–Crippen MR) is 103 cm³/mol. The second-order valence-corrected chi connectivity index (χ2v) is 6.73. The number of hydrogen-bond donors (Lipinski definition) is 1. The minimum Gasteiger partial charge on any atom is -0.494 e. The first-order chi connectivity index (χ1) is 13.2. The quantitative estimate of drug-likeness (QED) is 0.905. The zero-order valence-electron chi connectivity index (χ0n) is 15.4. The van der Waals surface area contributed by atoms with E-state index in [0.717, 1.165) is 17.1 Å². The van der Waals surface area contributed by atoms with Gasteiger partial charge in [0.25, 0.3) is 5.91 Å². The molecule has 0 radical (unpaired) electrons. The van der Waals surface area contributed by atoms with E-state index in [1.165, 1.54) is 0 Å². The molecule has 4 rings (SSSR count). The number of piperidine rings is 1. The summed E-state index contributed by atoms with van der Waals surface area (Å²) >= 11 is 0. The fourth-order valence-electron chi connectivity index (χ4n) is 3.43. The molecule has 6 heteroatoms. The Morgan fingerprint density at radius 3 is 2.52 bits per heavy atom. The Hall–Kier alpha value is -2.86. The van der Waals surface area contributed by atoms with Crippen molar-refractivity contribution in [1.29, 1.82) is 0 Å². The smallest absolute Gasteiger partial charge is 0.253 e. The molecular weight excluding hydrogens is 342 g/mol. The van der Waals surface area contributed by atoms with Crippen molar-refractivity contribution in [2.75, 3.05) is 19.7 Å². The molecule has 27 heavy (non-hydrogen) atoms.